The first-order valence-electron chi connectivity index (χ1n) is 8.08. The second-order valence-electron chi connectivity index (χ2n) is 6.43. The molecule has 1 N–H and O–H groups in total. The van der Waals surface area contributed by atoms with Gasteiger partial charge in [0.2, 0.25) is 0 Å². The summed E-state index contributed by atoms with van der Waals surface area (Å²) >= 11 is 3.60. The van der Waals surface area contributed by atoms with Crippen LogP contribution in [0.15, 0.2) is 16.6 Å². The molecule has 1 aromatic carbocycles. The highest BCUT2D eigenvalue weighted by Gasteiger charge is 2.40. The number of rotatable bonds is 5. The zero-order valence-corrected chi connectivity index (χ0v) is 15.0. The number of nitrogens with one attached hydrogen (secondary N) is 1. The fourth-order valence-corrected chi connectivity index (χ4v) is 4.39. The van der Waals surface area contributed by atoms with Crippen molar-refractivity contribution in [2.24, 2.45) is 5.41 Å². The van der Waals surface area contributed by atoms with Gasteiger partial charge in [0.25, 0.3) is 0 Å². The molecular formula is C17H25BrN2O2. The summed E-state index contributed by atoms with van der Waals surface area (Å²) in [7, 11) is 1.68. The van der Waals surface area contributed by atoms with E-state index in [9.17, 15) is 0 Å². The highest BCUT2D eigenvalue weighted by atomic mass is 79.9. The lowest BCUT2D eigenvalue weighted by molar-refractivity contribution is 0.267. The van der Waals surface area contributed by atoms with Gasteiger partial charge in [-0.25, -0.2) is 0 Å². The molecular weight excluding hydrogens is 344 g/mol. The van der Waals surface area contributed by atoms with E-state index in [1.54, 1.807) is 7.11 Å². The number of hydrogen-bond acceptors (Lipinski definition) is 4. The second kappa shape index (κ2) is 6.77. The van der Waals surface area contributed by atoms with Gasteiger partial charge in [-0.3, -0.25) is 4.90 Å². The Morgan fingerprint density at radius 1 is 1.36 bits per heavy atom. The van der Waals surface area contributed by atoms with E-state index in [0.29, 0.717) is 12.0 Å². The van der Waals surface area contributed by atoms with Crippen molar-refractivity contribution in [3.8, 4) is 11.5 Å². The van der Waals surface area contributed by atoms with Gasteiger partial charge in [-0.1, -0.05) is 0 Å². The molecule has 2 saturated heterocycles. The van der Waals surface area contributed by atoms with E-state index in [2.05, 4.69) is 38.3 Å². The number of methoxy groups -OCH3 is 1. The molecule has 0 saturated carbocycles. The molecule has 2 fully saturated rings. The standard InChI is InChI=1S/C17H25BrN2O2/c1-3-22-15-9-13(8-14(18)16(15)21-2)10-20-7-5-17(12-20)4-6-19-11-17/h8-9,19H,3-7,10-12H2,1-2H3. The summed E-state index contributed by atoms with van der Waals surface area (Å²) in [5.41, 5.74) is 1.80. The lowest BCUT2D eigenvalue weighted by atomic mass is 9.86. The van der Waals surface area contributed by atoms with Gasteiger partial charge in [-0.2, -0.15) is 0 Å². The van der Waals surface area contributed by atoms with Gasteiger partial charge in [0.15, 0.2) is 11.5 Å². The Hall–Kier alpha value is -0.780. The maximum Gasteiger partial charge on any atom is 0.174 e. The molecule has 0 amide bonds. The third-order valence-corrected chi connectivity index (χ3v) is 5.42. The third kappa shape index (κ3) is 3.26. The minimum absolute atomic E-state index is 0.520. The van der Waals surface area contributed by atoms with Crippen molar-refractivity contribution in [2.45, 2.75) is 26.3 Å². The van der Waals surface area contributed by atoms with Gasteiger partial charge in [-0.05, 0) is 71.9 Å². The second-order valence-corrected chi connectivity index (χ2v) is 7.28. The molecule has 2 aliphatic rings. The Labute approximate surface area is 141 Å². The zero-order valence-electron chi connectivity index (χ0n) is 13.5. The highest BCUT2D eigenvalue weighted by Crippen LogP contribution is 2.39. The van der Waals surface area contributed by atoms with Crippen LogP contribution in [0, 0.1) is 5.41 Å². The van der Waals surface area contributed by atoms with Crippen molar-refractivity contribution >= 4 is 15.9 Å². The van der Waals surface area contributed by atoms with Crippen LogP contribution in [0.4, 0.5) is 0 Å². The Balaban J connectivity index is 1.72. The van der Waals surface area contributed by atoms with Gasteiger partial charge in [-0.15, -0.1) is 0 Å². The van der Waals surface area contributed by atoms with Crippen LogP contribution in [0.5, 0.6) is 11.5 Å². The van der Waals surface area contributed by atoms with Crippen LogP contribution < -0.4 is 14.8 Å². The van der Waals surface area contributed by atoms with Crippen molar-refractivity contribution in [2.75, 3.05) is 39.9 Å². The van der Waals surface area contributed by atoms with Gasteiger partial charge >= 0.3 is 0 Å². The topological polar surface area (TPSA) is 33.7 Å². The Bertz CT molecular complexity index is 530. The van der Waals surface area contributed by atoms with Crippen molar-refractivity contribution in [3.63, 3.8) is 0 Å². The summed E-state index contributed by atoms with van der Waals surface area (Å²) < 4.78 is 12.1. The average molecular weight is 369 g/mol. The zero-order chi connectivity index (χ0) is 15.6. The fourth-order valence-electron chi connectivity index (χ4n) is 3.74. The van der Waals surface area contributed by atoms with E-state index in [0.717, 1.165) is 22.5 Å². The molecule has 1 spiro atoms. The molecule has 3 rings (SSSR count). The van der Waals surface area contributed by atoms with Gasteiger partial charge in [0.05, 0.1) is 18.2 Å². The van der Waals surface area contributed by atoms with Crippen LogP contribution in [-0.4, -0.2) is 44.8 Å². The Morgan fingerprint density at radius 3 is 2.91 bits per heavy atom. The summed E-state index contributed by atoms with van der Waals surface area (Å²) in [4.78, 5) is 2.57. The monoisotopic (exact) mass is 368 g/mol. The quantitative estimate of drug-likeness (QED) is 0.865. The molecule has 2 heterocycles. The molecule has 0 bridgehead atoms. The SMILES string of the molecule is CCOc1cc(CN2CCC3(CCNC3)C2)cc(Br)c1OC. The van der Waals surface area contributed by atoms with Crippen molar-refractivity contribution in [3.05, 3.63) is 22.2 Å². The summed E-state index contributed by atoms with van der Waals surface area (Å²) in [6.07, 6.45) is 2.63. The highest BCUT2D eigenvalue weighted by molar-refractivity contribution is 9.10. The van der Waals surface area contributed by atoms with E-state index in [4.69, 9.17) is 9.47 Å². The van der Waals surface area contributed by atoms with Gasteiger partial charge < -0.3 is 14.8 Å². The predicted molar refractivity (Wildman–Crippen MR) is 91.7 cm³/mol. The first kappa shape index (κ1) is 16.1. The maximum atomic E-state index is 5.72. The van der Waals surface area contributed by atoms with Gasteiger partial charge in [0.1, 0.15) is 0 Å². The third-order valence-electron chi connectivity index (χ3n) is 4.83. The number of benzene rings is 1. The van der Waals surface area contributed by atoms with Crippen LogP contribution in [0.2, 0.25) is 0 Å². The molecule has 122 valence electrons. The minimum Gasteiger partial charge on any atom is -0.492 e. The van der Waals surface area contributed by atoms with Gasteiger partial charge in [0, 0.05) is 19.6 Å². The van der Waals surface area contributed by atoms with Crippen molar-refractivity contribution < 1.29 is 9.47 Å². The van der Waals surface area contributed by atoms with E-state index < -0.39 is 0 Å². The van der Waals surface area contributed by atoms with E-state index >= 15 is 0 Å². The van der Waals surface area contributed by atoms with E-state index in [-0.39, 0.29) is 0 Å². The molecule has 0 aliphatic carbocycles. The Morgan fingerprint density at radius 2 is 2.23 bits per heavy atom. The molecule has 1 unspecified atom stereocenters. The minimum atomic E-state index is 0.520. The summed E-state index contributed by atoms with van der Waals surface area (Å²) in [6, 6.07) is 4.27. The first-order valence-corrected chi connectivity index (χ1v) is 8.87. The summed E-state index contributed by atoms with van der Waals surface area (Å²) in [5.74, 6) is 1.61. The largest absolute Gasteiger partial charge is 0.492 e. The van der Waals surface area contributed by atoms with Crippen LogP contribution in [-0.2, 0) is 6.54 Å². The smallest absolute Gasteiger partial charge is 0.174 e. The number of nitrogens with zero attached hydrogens (tertiary/aromatic N) is 1. The molecule has 0 aromatic heterocycles. The van der Waals surface area contributed by atoms with Crippen molar-refractivity contribution in [1.82, 2.24) is 10.2 Å². The fraction of sp³-hybridized carbons (Fsp3) is 0.647. The molecule has 0 radical (unpaired) electrons. The normalized spacial score (nSPS) is 25.0. The number of hydrogen-bond donors (Lipinski definition) is 1. The maximum absolute atomic E-state index is 5.72. The molecule has 1 atom stereocenters. The number of ether oxygens (including phenoxy) is 2. The van der Waals surface area contributed by atoms with Crippen LogP contribution in [0.25, 0.3) is 0 Å². The van der Waals surface area contributed by atoms with Crippen molar-refractivity contribution in [1.29, 1.82) is 0 Å². The number of halogens is 1. The summed E-state index contributed by atoms with van der Waals surface area (Å²) in [5, 5.41) is 3.52. The first-order chi connectivity index (χ1) is 10.7. The number of likely N-dealkylation sites (tertiary alicyclic amines) is 1. The molecule has 5 heteroatoms. The lowest BCUT2D eigenvalue weighted by Gasteiger charge is -2.23. The molecule has 22 heavy (non-hydrogen) atoms. The average Bonchev–Trinajstić information content (AvgIpc) is 3.10. The molecule has 2 aliphatic heterocycles. The molecule has 1 aromatic rings. The van der Waals surface area contributed by atoms with Crippen LogP contribution in [0.3, 0.4) is 0 Å². The van der Waals surface area contributed by atoms with E-state index in [1.165, 1.54) is 44.6 Å². The van der Waals surface area contributed by atoms with E-state index in [1.807, 2.05) is 6.92 Å². The molecule has 4 nitrogen and oxygen atoms in total. The summed E-state index contributed by atoms with van der Waals surface area (Å²) in [6.45, 7) is 8.37. The predicted octanol–water partition coefficient (Wildman–Crippen LogP) is 3.04. The lowest BCUT2D eigenvalue weighted by Crippen LogP contribution is -2.28. The van der Waals surface area contributed by atoms with Crippen LogP contribution >= 0.6 is 15.9 Å². The Kier molecular flexibility index (Phi) is 4.95. The van der Waals surface area contributed by atoms with Crippen LogP contribution in [0.1, 0.15) is 25.3 Å².